The Bertz CT molecular complexity index is 1140. The summed E-state index contributed by atoms with van der Waals surface area (Å²) in [6, 6.07) is 15.8. The van der Waals surface area contributed by atoms with Crippen LogP contribution in [0.3, 0.4) is 0 Å². The highest BCUT2D eigenvalue weighted by molar-refractivity contribution is 6.30. The summed E-state index contributed by atoms with van der Waals surface area (Å²) < 4.78 is 0. The molecule has 30 heavy (non-hydrogen) atoms. The summed E-state index contributed by atoms with van der Waals surface area (Å²) in [6.07, 6.45) is 0.328. The molecule has 3 aromatic carbocycles. The van der Waals surface area contributed by atoms with Gasteiger partial charge in [-0.2, -0.15) is 0 Å². The van der Waals surface area contributed by atoms with Gasteiger partial charge in [-0.15, -0.1) is 0 Å². The summed E-state index contributed by atoms with van der Waals surface area (Å²) in [6.45, 7) is 6.02. The number of rotatable bonds is 5. The minimum Gasteiger partial charge on any atom is -0.507 e. The van der Waals surface area contributed by atoms with Crippen molar-refractivity contribution in [1.29, 1.82) is 0 Å². The van der Waals surface area contributed by atoms with Crippen LogP contribution in [-0.4, -0.2) is 34.9 Å². The number of nitrogens with zero attached hydrogens (tertiary/aromatic N) is 1. The molecule has 0 atom stereocenters. The number of carbonyl (C=O) groups excluding carboxylic acids is 2. The lowest BCUT2D eigenvalue weighted by molar-refractivity contribution is 0.0974. The average molecular weight is 401 g/mol. The topological polar surface area (TPSA) is 77.8 Å². The third-order valence-electron chi connectivity index (χ3n) is 5.69. The molecule has 0 amide bonds. The summed E-state index contributed by atoms with van der Waals surface area (Å²) in [5, 5.41) is 21.4. The van der Waals surface area contributed by atoms with Crippen molar-refractivity contribution in [3.8, 4) is 11.5 Å². The SMILES string of the molecule is CCN(CC)c1ccc(Cc2cc(O)c3c(c2O)C(=O)c2ccccc2C3=O)cc1. The number of hydrogen-bond acceptors (Lipinski definition) is 5. The lowest BCUT2D eigenvalue weighted by Crippen LogP contribution is -2.22. The minimum atomic E-state index is -0.455. The van der Waals surface area contributed by atoms with Crippen LogP contribution in [0.4, 0.5) is 5.69 Å². The zero-order chi connectivity index (χ0) is 21.4. The third kappa shape index (κ3) is 3.12. The number of carbonyl (C=O) groups is 2. The van der Waals surface area contributed by atoms with Crippen LogP contribution in [-0.2, 0) is 6.42 Å². The van der Waals surface area contributed by atoms with Crippen molar-refractivity contribution in [2.24, 2.45) is 0 Å². The van der Waals surface area contributed by atoms with E-state index >= 15 is 0 Å². The predicted molar refractivity (Wildman–Crippen MR) is 116 cm³/mol. The van der Waals surface area contributed by atoms with Gasteiger partial charge in [0.1, 0.15) is 11.5 Å². The van der Waals surface area contributed by atoms with Gasteiger partial charge in [-0.1, -0.05) is 36.4 Å². The second-order valence-corrected chi connectivity index (χ2v) is 7.37. The quantitative estimate of drug-likeness (QED) is 0.487. The molecule has 0 aliphatic heterocycles. The molecule has 0 radical (unpaired) electrons. The Morgan fingerprint density at radius 3 is 1.93 bits per heavy atom. The number of benzene rings is 3. The predicted octanol–water partition coefficient (Wildman–Crippen LogP) is 4.31. The fourth-order valence-electron chi connectivity index (χ4n) is 4.08. The summed E-state index contributed by atoms with van der Waals surface area (Å²) in [5.41, 5.74) is 2.68. The molecule has 0 bridgehead atoms. The van der Waals surface area contributed by atoms with E-state index in [1.807, 2.05) is 24.3 Å². The van der Waals surface area contributed by atoms with E-state index in [1.165, 1.54) is 6.07 Å². The Balaban J connectivity index is 1.73. The highest BCUT2D eigenvalue weighted by atomic mass is 16.3. The Hall–Kier alpha value is -3.60. The molecule has 152 valence electrons. The van der Waals surface area contributed by atoms with Crippen molar-refractivity contribution in [3.05, 3.63) is 88.0 Å². The van der Waals surface area contributed by atoms with E-state index in [0.717, 1.165) is 24.3 Å². The van der Waals surface area contributed by atoms with Crippen LogP contribution < -0.4 is 4.90 Å². The summed E-state index contributed by atoms with van der Waals surface area (Å²) in [5.74, 6) is -1.44. The van der Waals surface area contributed by atoms with Crippen molar-refractivity contribution in [2.45, 2.75) is 20.3 Å². The van der Waals surface area contributed by atoms with E-state index < -0.39 is 11.6 Å². The van der Waals surface area contributed by atoms with Crippen molar-refractivity contribution >= 4 is 17.3 Å². The van der Waals surface area contributed by atoms with Gasteiger partial charge in [-0.05, 0) is 37.6 Å². The van der Waals surface area contributed by atoms with Gasteiger partial charge in [0.25, 0.3) is 0 Å². The number of anilines is 1. The van der Waals surface area contributed by atoms with Crippen LogP contribution in [0.2, 0.25) is 0 Å². The zero-order valence-corrected chi connectivity index (χ0v) is 17.0. The highest BCUT2D eigenvalue weighted by Gasteiger charge is 2.35. The first-order valence-corrected chi connectivity index (χ1v) is 10.1. The molecule has 5 heteroatoms. The maximum Gasteiger partial charge on any atom is 0.198 e. The maximum absolute atomic E-state index is 13.0. The van der Waals surface area contributed by atoms with Crippen molar-refractivity contribution < 1.29 is 19.8 Å². The number of fused-ring (bicyclic) bond motifs is 2. The molecule has 0 spiro atoms. The first kappa shape index (κ1) is 19.7. The van der Waals surface area contributed by atoms with Gasteiger partial charge in [-0.25, -0.2) is 0 Å². The molecule has 2 N–H and O–H groups in total. The molecular formula is C25H23NO4. The molecule has 3 aromatic rings. The second kappa shape index (κ2) is 7.67. The van der Waals surface area contributed by atoms with Crippen LogP contribution in [0.25, 0.3) is 0 Å². The fraction of sp³-hybridized carbons (Fsp3) is 0.200. The van der Waals surface area contributed by atoms with Gasteiger partial charge >= 0.3 is 0 Å². The maximum atomic E-state index is 13.0. The Morgan fingerprint density at radius 2 is 1.37 bits per heavy atom. The number of ketones is 2. The summed E-state index contributed by atoms with van der Waals surface area (Å²) >= 11 is 0. The van der Waals surface area contributed by atoms with E-state index in [-0.39, 0.29) is 33.8 Å². The van der Waals surface area contributed by atoms with Gasteiger partial charge in [0.15, 0.2) is 11.6 Å². The van der Waals surface area contributed by atoms with E-state index in [2.05, 4.69) is 18.7 Å². The van der Waals surface area contributed by atoms with Crippen LogP contribution in [0.15, 0.2) is 54.6 Å². The first-order chi connectivity index (χ1) is 14.5. The van der Waals surface area contributed by atoms with Gasteiger partial charge < -0.3 is 15.1 Å². The van der Waals surface area contributed by atoms with Crippen LogP contribution >= 0.6 is 0 Å². The van der Waals surface area contributed by atoms with E-state index in [9.17, 15) is 19.8 Å². The largest absolute Gasteiger partial charge is 0.507 e. The highest BCUT2D eigenvalue weighted by Crippen LogP contribution is 2.40. The number of phenolic OH excluding ortho intramolecular Hbond substituents is 2. The number of hydrogen-bond donors (Lipinski definition) is 2. The van der Waals surface area contributed by atoms with Gasteiger partial charge in [0, 0.05) is 41.9 Å². The van der Waals surface area contributed by atoms with Crippen molar-refractivity contribution in [3.63, 3.8) is 0 Å². The molecule has 0 aromatic heterocycles. The molecule has 1 aliphatic rings. The van der Waals surface area contributed by atoms with E-state index in [0.29, 0.717) is 12.0 Å². The van der Waals surface area contributed by atoms with Crippen molar-refractivity contribution in [2.75, 3.05) is 18.0 Å². The molecule has 0 heterocycles. The standard InChI is InChI=1S/C25H23NO4/c1-3-26(4-2)17-11-9-15(10-12-17)13-16-14-20(27)21-22(23(16)28)25(30)19-8-6-5-7-18(19)24(21)29/h5-12,14,27-28H,3-4,13H2,1-2H3. The molecule has 0 fully saturated rings. The average Bonchev–Trinajstić information content (AvgIpc) is 2.76. The minimum absolute atomic E-state index is 0.117. The zero-order valence-electron chi connectivity index (χ0n) is 17.0. The summed E-state index contributed by atoms with van der Waals surface area (Å²) in [7, 11) is 0. The number of phenols is 2. The lowest BCUT2D eigenvalue weighted by atomic mass is 9.81. The molecule has 0 saturated carbocycles. The van der Waals surface area contributed by atoms with E-state index in [1.54, 1.807) is 24.3 Å². The van der Waals surface area contributed by atoms with Crippen LogP contribution in [0.1, 0.15) is 56.8 Å². The third-order valence-corrected chi connectivity index (χ3v) is 5.69. The lowest BCUT2D eigenvalue weighted by Gasteiger charge is -2.22. The smallest absolute Gasteiger partial charge is 0.198 e. The molecule has 4 rings (SSSR count). The van der Waals surface area contributed by atoms with Gasteiger partial charge in [0.2, 0.25) is 0 Å². The number of aromatic hydroxyl groups is 2. The first-order valence-electron chi connectivity index (χ1n) is 10.1. The van der Waals surface area contributed by atoms with E-state index in [4.69, 9.17) is 0 Å². The van der Waals surface area contributed by atoms with Gasteiger partial charge in [0.05, 0.1) is 11.1 Å². The molecule has 0 saturated heterocycles. The molecule has 0 unspecified atom stereocenters. The normalized spacial score (nSPS) is 12.5. The van der Waals surface area contributed by atoms with Crippen LogP contribution in [0, 0.1) is 0 Å². The fourth-order valence-corrected chi connectivity index (χ4v) is 4.08. The second-order valence-electron chi connectivity index (χ2n) is 7.37. The molecular weight excluding hydrogens is 378 g/mol. The van der Waals surface area contributed by atoms with Crippen molar-refractivity contribution in [1.82, 2.24) is 0 Å². The molecule has 1 aliphatic carbocycles. The monoisotopic (exact) mass is 401 g/mol. The van der Waals surface area contributed by atoms with Gasteiger partial charge in [-0.3, -0.25) is 9.59 Å². The Morgan fingerprint density at radius 1 is 0.800 bits per heavy atom. The Kier molecular flexibility index (Phi) is 5.04. The van der Waals surface area contributed by atoms with Crippen LogP contribution in [0.5, 0.6) is 11.5 Å². The molecule has 5 nitrogen and oxygen atoms in total. The summed E-state index contributed by atoms with van der Waals surface area (Å²) in [4.78, 5) is 28.0. The Labute approximate surface area is 175 Å².